The van der Waals surface area contributed by atoms with Gasteiger partial charge in [0.15, 0.2) is 0 Å². The van der Waals surface area contributed by atoms with E-state index in [1.807, 2.05) is 0 Å². The van der Waals surface area contributed by atoms with Gasteiger partial charge in [0.2, 0.25) is 5.91 Å². The lowest BCUT2D eigenvalue weighted by atomic mass is 10.1. The molecule has 0 aliphatic heterocycles. The van der Waals surface area contributed by atoms with Crippen LogP contribution in [0.15, 0.2) is 4.99 Å². The van der Waals surface area contributed by atoms with Crippen LogP contribution >= 0.6 is 11.8 Å². The van der Waals surface area contributed by atoms with Crippen molar-refractivity contribution in [2.45, 2.75) is 123 Å². The molecule has 0 spiro atoms. The highest BCUT2D eigenvalue weighted by Crippen LogP contribution is 2.12. The molecule has 1 amide bonds. The van der Waals surface area contributed by atoms with E-state index in [4.69, 9.17) is 5.73 Å². The molecule has 0 aromatic heterocycles. The second-order valence-corrected chi connectivity index (χ2v) is 9.66. The first-order valence-corrected chi connectivity index (χ1v) is 14.0. The molecule has 0 aromatic rings. The van der Waals surface area contributed by atoms with Crippen molar-refractivity contribution >= 4 is 23.5 Å². The van der Waals surface area contributed by atoms with E-state index in [0.717, 1.165) is 51.0 Å². The van der Waals surface area contributed by atoms with Crippen LogP contribution in [0.5, 0.6) is 0 Å². The SMILES string of the molecule is CCCCCCC(N)=NCCCCNC(=O)CCCCCCCCCCSCCC. The van der Waals surface area contributed by atoms with Gasteiger partial charge < -0.3 is 11.1 Å². The van der Waals surface area contributed by atoms with Crippen LogP contribution in [0.3, 0.4) is 0 Å². The van der Waals surface area contributed by atoms with Gasteiger partial charge in [-0.05, 0) is 50.0 Å². The summed E-state index contributed by atoms with van der Waals surface area (Å²) >= 11 is 2.10. The number of thioether (sulfide) groups is 1. The first kappa shape index (κ1) is 29.3. The molecule has 0 bridgehead atoms. The number of rotatable bonds is 23. The van der Waals surface area contributed by atoms with E-state index in [-0.39, 0.29) is 5.91 Å². The Labute approximate surface area is 192 Å². The van der Waals surface area contributed by atoms with E-state index in [9.17, 15) is 4.79 Å². The molecule has 0 saturated carbocycles. The molecule has 0 rings (SSSR count). The van der Waals surface area contributed by atoms with Gasteiger partial charge in [-0.2, -0.15) is 11.8 Å². The van der Waals surface area contributed by atoms with Crippen molar-refractivity contribution in [1.29, 1.82) is 0 Å². The summed E-state index contributed by atoms with van der Waals surface area (Å²) in [6.45, 7) is 6.02. The maximum absolute atomic E-state index is 11.9. The first-order chi connectivity index (χ1) is 14.7. The van der Waals surface area contributed by atoms with Crippen molar-refractivity contribution in [3.63, 3.8) is 0 Å². The fraction of sp³-hybridized carbons (Fsp3) is 0.920. The fourth-order valence-electron chi connectivity index (χ4n) is 3.38. The van der Waals surface area contributed by atoms with E-state index >= 15 is 0 Å². The molecule has 0 radical (unpaired) electrons. The number of aliphatic imine (C=N–C) groups is 1. The number of amidine groups is 1. The summed E-state index contributed by atoms with van der Waals surface area (Å²) in [6.07, 6.45) is 20.1. The Bertz CT molecular complexity index is 402. The predicted octanol–water partition coefficient (Wildman–Crippen LogP) is 6.86. The van der Waals surface area contributed by atoms with Gasteiger partial charge in [-0.1, -0.05) is 71.6 Å². The smallest absolute Gasteiger partial charge is 0.219 e. The summed E-state index contributed by atoms with van der Waals surface area (Å²) in [5.41, 5.74) is 5.93. The van der Waals surface area contributed by atoms with Crippen LogP contribution in [0, 0.1) is 0 Å². The Balaban J connectivity index is 3.30. The molecule has 0 atom stereocenters. The molecular weight excluding hydrogens is 390 g/mol. The third-order valence-electron chi connectivity index (χ3n) is 5.30. The molecule has 0 aromatic carbocycles. The summed E-state index contributed by atoms with van der Waals surface area (Å²) in [4.78, 5) is 16.3. The lowest BCUT2D eigenvalue weighted by Crippen LogP contribution is -2.24. The minimum absolute atomic E-state index is 0.207. The van der Waals surface area contributed by atoms with E-state index in [0.29, 0.717) is 6.42 Å². The molecule has 0 aliphatic carbocycles. The summed E-state index contributed by atoms with van der Waals surface area (Å²) in [7, 11) is 0. The van der Waals surface area contributed by atoms with Gasteiger partial charge in [-0.25, -0.2) is 0 Å². The van der Waals surface area contributed by atoms with Crippen LogP contribution in [-0.2, 0) is 4.79 Å². The molecule has 0 saturated heterocycles. The minimum Gasteiger partial charge on any atom is -0.387 e. The number of amides is 1. The molecule has 0 fully saturated rings. The van der Waals surface area contributed by atoms with Crippen molar-refractivity contribution in [1.82, 2.24) is 5.32 Å². The van der Waals surface area contributed by atoms with Crippen molar-refractivity contribution in [3.05, 3.63) is 0 Å². The number of hydrogen-bond acceptors (Lipinski definition) is 3. The fourth-order valence-corrected chi connectivity index (χ4v) is 4.29. The Hall–Kier alpha value is -0.710. The highest BCUT2D eigenvalue weighted by molar-refractivity contribution is 7.99. The number of carbonyl (C=O) groups excluding carboxylic acids is 1. The Morgan fingerprint density at radius 2 is 1.37 bits per heavy atom. The number of nitrogens with zero attached hydrogens (tertiary/aromatic N) is 1. The zero-order valence-electron chi connectivity index (χ0n) is 20.2. The Morgan fingerprint density at radius 1 is 0.733 bits per heavy atom. The van der Waals surface area contributed by atoms with E-state index in [2.05, 4.69) is 35.9 Å². The quantitative estimate of drug-likeness (QED) is 0.103. The highest BCUT2D eigenvalue weighted by Gasteiger charge is 2.01. The van der Waals surface area contributed by atoms with Crippen molar-refractivity contribution in [2.24, 2.45) is 10.7 Å². The second kappa shape index (κ2) is 24.6. The van der Waals surface area contributed by atoms with Crippen molar-refractivity contribution in [2.75, 3.05) is 24.6 Å². The monoisotopic (exact) mass is 441 g/mol. The maximum Gasteiger partial charge on any atom is 0.219 e. The van der Waals surface area contributed by atoms with Crippen LogP contribution in [0.4, 0.5) is 0 Å². The van der Waals surface area contributed by atoms with Crippen LogP contribution in [0.25, 0.3) is 0 Å². The summed E-state index contributed by atoms with van der Waals surface area (Å²) < 4.78 is 0. The largest absolute Gasteiger partial charge is 0.387 e. The van der Waals surface area contributed by atoms with E-state index < -0.39 is 0 Å². The van der Waals surface area contributed by atoms with Gasteiger partial charge in [0.25, 0.3) is 0 Å². The second-order valence-electron chi connectivity index (χ2n) is 8.43. The van der Waals surface area contributed by atoms with Gasteiger partial charge in [0, 0.05) is 25.9 Å². The molecule has 178 valence electrons. The number of hydrogen-bond donors (Lipinski definition) is 2. The lowest BCUT2D eigenvalue weighted by molar-refractivity contribution is -0.121. The van der Waals surface area contributed by atoms with Crippen molar-refractivity contribution in [3.8, 4) is 0 Å². The molecule has 0 aliphatic rings. The number of nitrogens with two attached hydrogens (primary N) is 1. The number of nitrogens with one attached hydrogen (secondary N) is 1. The molecule has 4 nitrogen and oxygen atoms in total. The Kier molecular flexibility index (Phi) is 24.0. The molecule has 0 heterocycles. The standard InChI is InChI=1S/C25H51N3OS/c1-3-5-6-13-18-24(26)27-20-15-16-21-28-25(29)19-14-11-9-7-8-10-12-17-23-30-22-4-2/h3-23H2,1-2H3,(H2,26,27)(H,28,29). The van der Waals surface area contributed by atoms with Gasteiger partial charge in [0.05, 0.1) is 5.84 Å². The van der Waals surface area contributed by atoms with Crippen LogP contribution in [0.2, 0.25) is 0 Å². The Morgan fingerprint density at radius 3 is 2.07 bits per heavy atom. The van der Waals surface area contributed by atoms with Crippen LogP contribution in [-0.4, -0.2) is 36.3 Å². The zero-order valence-corrected chi connectivity index (χ0v) is 21.0. The van der Waals surface area contributed by atoms with Gasteiger partial charge in [-0.3, -0.25) is 9.79 Å². The topological polar surface area (TPSA) is 67.5 Å². The molecular formula is C25H51N3OS. The number of unbranched alkanes of at least 4 members (excludes halogenated alkanes) is 11. The minimum atomic E-state index is 0.207. The normalized spacial score (nSPS) is 11.7. The zero-order chi connectivity index (χ0) is 22.1. The molecule has 30 heavy (non-hydrogen) atoms. The average molecular weight is 442 g/mol. The molecule has 0 unspecified atom stereocenters. The van der Waals surface area contributed by atoms with Crippen LogP contribution in [0.1, 0.15) is 123 Å². The maximum atomic E-state index is 11.9. The summed E-state index contributed by atoms with van der Waals surface area (Å²) in [5.74, 6) is 3.65. The third kappa shape index (κ3) is 23.6. The lowest BCUT2D eigenvalue weighted by Gasteiger charge is -2.05. The van der Waals surface area contributed by atoms with Crippen molar-refractivity contribution < 1.29 is 4.79 Å². The molecule has 5 heteroatoms. The van der Waals surface area contributed by atoms with Gasteiger partial charge in [-0.15, -0.1) is 0 Å². The first-order valence-electron chi connectivity index (χ1n) is 12.8. The summed E-state index contributed by atoms with van der Waals surface area (Å²) in [6, 6.07) is 0. The highest BCUT2D eigenvalue weighted by atomic mass is 32.2. The average Bonchev–Trinajstić information content (AvgIpc) is 2.74. The van der Waals surface area contributed by atoms with Crippen LogP contribution < -0.4 is 11.1 Å². The van der Waals surface area contributed by atoms with Gasteiger partial charge >= 0.3 is 0 Å². The summed E-state index contributed by atoms with van der Waals surface area (Å²) in [5, 5.41) is 3.04. The predicted molar refractivity (Wildman–Crippen MR) is 137 cm³/mol. The van der Waals surface area contributed by atoms with E-state index in [1.54, 1.807) is 0 Å². The molecule has 3 N–H and O–H groups in total. The third-order valence-corrected chi connectivity index (χ3v) is 6.57. The van der Waals surface area contributed by atoms with E-state index in [1.165, 1.54) is 82.1 Å². The number of carbonyl (C=O) groups is 1. The van der Waals surface area contributed by atoms with Gasteiger partial charge in [0.1, 0.15) is 0 Å².